The average molecular weight is 407 g/mol. The number of para-hydroxylation sites is 2. The molecule has 1 aliphatic rings. The number of H-pyrrole nitrogens is 1. The van der Waals surface area contributed by atoms with Crippen molar-refractivity contribution in [3.8, 4) is 11.1 Å². The third-order valence-corrected chi connectivity index (χ3v) is 6.47. The summed E-state index contributed by atoms with van der Waals surface area (Å²) in [6.45, 7) is 0. The molecule has 0 saturated heterocycles. The molecule has 32 heavy (non-hydrogen) atoms. The Hall–Kier alpha value is -4.39. The van der Waals surface area contributed by atoms with E-state index in [1.54, 1.807) is 0 Å². The minimum Gasteiger partial charge on any atom is -0.355 e. The van der Waals surface area contributed by atoms with Gasteiger partial charge >= 0.3 is 0 Å². The number of benzene rings is 4. The van der Waals surface area contributed by atoms with Crippen molar-refractivity contribution >= 4 is 49.3 Å². The standard InChI is InChI=1S/C30H19N2/c1-2-8-22(9-3-1)32-29-13-7-5-11-24(29)26-19-21(15-17-30(26)32)20-14-16-28-25(18-20)23-10-4-6-12-27(23)31-28/h2-19,31H/q+1. The Kier molecular flexibility index (Phi) is 3.54. The molecule has 1 aliphatic carbocycles. The van der Waals surface area contributed by atoms with Crippen LogP contribution in [0.1, 0.15) is 0 Å². The Morgan fingerprint density at radius 3 is 2.22 bits per heavy atom. The lowest BCUT2D eigenvalue weighted by atomic mass is 10.0. The summed E-state index contributed by atoms with van der Waals surface area (Å²) in [4.78, 5) is 3.53. The van der Waals surface area contributed by atoms with E-state index in [1.807, 2.05) is 12.2 Å². The maximum atomic E-state index is 3.53. The van der Waals surface area contributed by atoms with Gasteiger partial charge in [0, 0.05) is 38.7 Å². The Balaban J connectivity index is 1.48. The largest absolute Gasteiger partial charge is 0.355 e. The van der Waals surface area contributed by atoms with Crippen molar-refractivity contribution in [1.29, 1.82) is 0 Å². The predicted octanol–water partition coefficient (Wildman–Crippen LogP) is 7.87. The van der Waals surface area contributed by atoms with Gasteiger partial charge in [-0.3, -0.25) is 4.57 Å². The quantitative estimate of drug-likeness (QED) is 0.282. The van der Waals surface area contributed by atoms with Crippen LogP contribution in [0.25, 0.3) is 60.4 Å². The van der Waals surface area contributed by atoms with Crippen molar-refractivity contribution in [1.82, 2.24) is 9.55 Å². The molecule has 2 heteroatoms. The molecule has 6 aromatic rings. The van der Waals surface area contributed by atoms with E-state index in [-0.39, 0.29) is 0 Å². The zero-order chi connectivity index (χ0) is 21.1. The molecule has 0 bridgehead atoms. The summed E-state index contributed by atoms with van der Waals surface area (Å²) >= 11 is 0. The predicted molar refractivity (Wildman–Crippen MR) is 135 cm³/mol. The number of fused-ring (bicyclic) bond motifs is 6. The van der Waals surface area contributed by atoms with Crippen LogP contribution in [-0.2, 0) is 0 Å². The second-order valence-electron chi connectivity index (χ2n) is 8.27. The SMILES string of the molecule is [C+]1=CC=C(n2c3ccccc3c3cc(-c4ccc5[nH]c6ccccc6c5c4)ccc32)C=C1. The van der Waals surface area contributed by atoms with E-state index >= 15 is 0 Å². The first kappa shape index (κ1) is 17.3. The molecule has 7 rings (SSSR count). The monoisotopic (exact) mass is 407 g/mol. The van der Waals surface area contributed by atoms with Gasteiger partial charge in [0.15, 0.2) is 5.70 Å². The molecule has 148 valence electrons. The lowest BCUT2D eigenvalue weighted by Gasteiger charge is -2.06. The fourth-order valence-electron chi connectivity index (χ4n) is 4.99. The Morgan fingerprint density at radius 1 is 0.625 bits per heavy atom. The molecule has 2 nitrogen and oxygen atoms in total. The molecule has 0 aliphatic heterocycles. The van der Waals surface area contributed by atoms with Gasteiger partial charge in [0.1, 0.15) is 12.2 Å². The first-order valence-corrected chi connectivity index (χ1v) is 10.9. The molecule has 0 unspecified atom stereocenters. The fraction of sp³-hybridized carbons (Fsp3) is 0. The van der Waals surface area contributed by atoms with Gasteiger partial charge in [-0.15, -0.1) is 0 Å². The van der Waals surface area contributed by atoms with Crippen LogP contribution in [0.4, 0.5) is 0 Å². The molecular weight excluding hydrogens is 388 g/mol. The van der Waals surface area contributed by atoms with Crippen LogP contribution >= 0.6 is 0 Å². The second kappa shape index (κ2) is 6.55. The number of rotatable bonds is 2. The van der Waals surface area contributed by atoms with Crippen molar-refractivity contribution in [3.63, 3.8) is 0 Å². The van der Waals surface area contributed by atoms with E-state index in [0.717, 1.165) is 5.70 Å². The average Bonchev–Trinajstić information content (AvgIpc) is 3.39. The first-order chi connectivity index (χ1) is 15.9. The highest BCUT2D eigenvalue weighted by Crippen LogP contribution is 2.36. The smallest absolute Gasteiger partial charge is 0.160 e. The topological polar surface area (TPSA) is 20.7 Å². The van der Waals surface area contributed by atoms with Crippen LogP contribution in [0.3, 0.4) is 0 Å². The number of allylic oxidation sites excluding steroid dienone is 6. The maximum Gasteiger partial charge on any atom is 0.160 e. The van der Waals surface area contributed by atoms with Gasteiger partial charge in [0.05, 0.1) is 23.2 Å². The van der Waals surface area contributed by atoms with Crippen LogP contribution < -0.4 is 0 Å². The molecule has 0 saturated carbocycles. The summed E-state index contributed by atoms with van der Waals surface area (Å²) in [5, 5.41) is 5.07. The number of nitrogens with one attached hydrogen (secondary N) is 1. The van der Waals surface area contributed by atoms with Crippen molar-refractivity contribution in [2.75, 3.05) is 0 Å². The van der Waals surface area contributed by atoms with Gasteiger partial charge in [-0.05, 0) is 47.5 Å². The van der Waals surface area contributed by atoms with Gasteiger partial charge in [-0.2, -0.15) is 0 Å². The third-order valence-electron chi connectivity index (χ3n) is 6.47. The molecule has 0 amide bonds. The van der Waals surface area contributed by atoms with Gasteiger partial charge < -0.3 is 4.98 Å². The normalized spacial score (nSPS) is 13.3. The summed E-state index contributed by atoms with van der Waals surface area (Å²) in [5.41, 5.74) is 8.41. The number of hydrogen-bond acceptors (Lipinski definition) is 0. The van der Waals surface area contributed by atoms with Crippen molar-refractivity contribution in [3.05, 3.63) is 115 Å². The molecule has 2 aromatic heterocycles. The van der Waals surface area contributed by atoms with Crippen LogP contribution in [0.2, 0.25) is 0 Å². The number of hydrogen-bond donors (Lipinski definition) is 1. The molecule has 0 fully saturated rings. The number of aromatic nitrogens is 2. The molecule has 1 N–H and O–H groups in total. The van der Waals surface area contributed by atoms with E-state index in [9.17, 15) is 0 Å². The van der Waals surface area contributed by atoms with Gasteiger partial charge in [-0.25, -0.2) is 0 Å². The summed E-state index contributed by atoms with van der Waals surface area (Å²) in [6, 6.07) is 30.7. The minimum atomic E-state index is 1.16. The zero-order valence-corrected chi connectivity index (χ0v) is 17.3. The van der Waals surface area contributed by atoms with Crippen molar-refractivity contribution in [2.24, 2.45) is 0 Å². The van der Waals surface area contributed by atoms with Crippen LogP contribution in [0, 0.1) is 6.08 Å². The summed E-state index contributed by atoms with van der Waals surface area (Å²) < 4.78 is 2.34. The molecule has 0 spiro atoms. The lowest BCUT2D eigenvalue weighted by molar-refractivity contribution is 1.23. The maximum absolute atomic E-state index is 3.53. The Labute approximate surface area is 185 Å². The van der Waals surface area contributed by atoms with E-state index < -0.39 is 0 Å². The molecule has 0 atom stereocenters. The van der Waals surface area contributed by atoms with E-state index in [0.29, 0.717) is 0 Å². The highest BCUT2D eigenvalue weighted by atomic mass is 15.0. The van der Waals surface area contributed by atoms with Gasteiger partial charge in [0.2, 0.25) is 0 Å². The number of nitrogens with zero attached hydrogens (tertiary/aromatic N) is 1. The molecule has 4 aromatic carbocycles. The second-order valence-corrected chi connectivity index (χ2v) is 8.27. The number of aromatic amines is 1. The molecule has 2 heterocycles. The molecular formula is C30H19N2+. The highest BCUT2D eigenvalue weighted by Gasteiger charge is 2.16. The minimum absolute atomic E-state index is 1.16. The Bertz CT molecular complexity index is 1770. The van der Waals surface area contributed by atoms with E-state index in [1.165, 1.54) is 54.7 Å². The summed E-state index contributed by atoms with van der Waals surface area (Å²) in [5.74, 6) is 0. The summed E-state index contributed by atoms with van der Waals surface area (Å²) in [6.07, 6.45) is 11.3. The third kappa shape index (κ3) is 2.45. The van der Waals surface area contributed by atoms with E-state index in [4.69, 9.17) is 0 Å². The van der Waals surface area contributed by atoms with Crippen LogP contribution in [0.5, 0.6) is 0 Å². The summed E-state index contributed by atoms with van der Waals surface area (Å²) in [7, 11) is 0. The van der Waals surface area contributed by atoms with E-state index in [2.05, 4.69) is 113 Å². The Morgan fingerprint density at radius 2 is 1.34 bits per heavy atom. The van der Waals surface area contributed by atoms with Crippen molar-refractivity contribution < 1.29 is 0 Å². The van der Waals surface area contributed by atoms with Gasteiger partial charge in [-0.1, -0.05) is 48.5 Å². The van der Waals surface area contributed by atoms with Crippen LogP contribution in [-0.4, -0.2) is 9.55 Å². The fourth-order valence-corrected chi connectivity index (χ4v) is 4.99. The van der Waals surface area contributed by atoms with Gasteiger partial charge in [0.25, 0.3) is 0 Å². The molecule has 0 radical (unpaired) electrons. The van der Waals surface area contributed by atoms with Crippen molar-refractivity contribution in [2.45, 2.75) is 0 Å². The lowest BCUT2D eigenvalue weighted by Crippen LogP contribution is -1.95. The highest BCUT2D eigenvalue weighted by molar-refractivity contribution is 6.12. The first-order valence-electron chi connectivity index (χ1n) is 10.9. The zero-order valence-electron chi connectivity index (χ0n) is 17.3. The van der Waals surface area contributed by atoms with Crippen LogP contribution in [0.15, 0.2) is 109 Å².